The van der Waals surface area contributed by atoms with Crippen molar-refractivity contribution in [2.75, 3.05) is 13.2 Å². The SMILES string of the molecule is Cc1cccc(OCCCCC(C)(C)CN)c1C. The zero-order valence-corrected chi connectivity index (χ0v) is 12.3. The molecule has 2 nitrogen and oxygen atoms in total. The van der Waals surface area contributed by atoms with E-state index >= 15 is 0 Å². The second-order valence-corrected chi connectivity index (χ2v) is 5.87. The summed E-state index contributed by atoms with van der Waals surface area (Å²) in [4.78, 5) is 0. The number of aryl methyl sites for hydroxylation is 1. The number of rotatable bonds is 7. The molecule has 0 aromatic heterocycles. The monoisotopic (exact) mass is 249 g/mol. The zero-order chi connectivity index (χ0) is 13.6. The third-order valence-electron chi connectivity index (χ3n) is 3.61. The fraction of sp³-hybridized carbons (Fsp3) is 0.625. The van der Waals surface area contributed by atoms with Crippen molar-refractivity contribution < 1.29 is 4.74 Å². The Hall–Kier alpha value is -1.02. The molecule has 0 bridgehead atoms. The summed E-state index contributed by atoms with van der Waals surface area (Å²) in [6.45, 7) is 10.2. The second-order valence-electron chi connectivity index (χ2n) is 5.87. The third kappa shape index (κ3) is 4.69. The minimum atomic E-state index is 0.263. The van der Waals surface area contributed by atoms with Crippen LogP contribution in [0.4, 0.5) is 0 Å². The quantitative estimate of drug-likeness (QED) is 0.745. The molecule has 0 fully saturated rings. The number of benzene rings is 1. The number of ether oxygens (including phenoxy) is 1. The molecule has 0 spiro atoms. The molecule has 1 rings (SSSR count). The summed E-state index contributed by atoms with van der Waals surface area (Å²) in [5.41, 5.74) is 8.52. The highest BCUT2D eigenvalue weighted by atomic mass is 16.5. The van der Waals surface area contributed by atoms with Gasteiger partial charge >= 0.3 is 0 Å². The molecule has 0 unspecified atom stereocenters. The van der Waals surface area contributed by atoms with Crippen LogP contribution in [-0.4, -0.2) is 13.2 Å². The van der Waals surface area contributed by atoms with Gasteiger partial charge in [0.05, 0.1) is 6.61 Å². The molecule has 0 saturated heterocycles. The summed E-state index contributed by atoms with van der Waals surface area (Å²) in [5.74, 6) is 1.02. The Labute approximate surface area is 112 Å². The molecule has 0 aliphatic rings. The van der Waals surface area contributed by atoms with E-state index in [9.17, 15) is 0 Å². The van der Waals surface area contributed by atoms with Crippen molar-refractivity contribution >= 4 is 0 Å². The molecular formula is C16H27NO. The van der Waals surface area contributed by atoms with Gasteiger partial charge in [0.25, 0.3) is 0 Å². The Morgan fingerprint density at radius 2 is 1.89 bits per heavy atom. The summed E-state index contributed by atoms with van der Waals surface area (Å²) < 4.78 is 5.83. The molecule has 0 radical (unpaired) electrons. The van der Waals surface area contributed by atoms with E-state index in [-0.39, 0.29) is 5.41 Å². The van der Waals surface area contributed by atoms with Crippen LogP contribution in [-0.2, 0) is 0 Å². The molecule has 0 heterocycles. The van der Waals surface area contributed by atoms with Gasteiger partial charge < -0.3 is 10.5 Å². The smallest absolute Gasteiger partial charge is 0.122 e. The largest absolute Gasteiger partial charge is 0.493 e. The van der Waals surface area contributed by atoms with Crippen LogP contribution >= 0.6 is 0 Å². The van der Waals surface area contributed by atoms with Gasteiger partial charge in [-0.1, -0.05) is 26.0 Å². The standard InChI is InChI=1S/C16H27NO/c1-13-8-7-9-15(14(13)2)18-11-6-5-10-16(3,4)12-17/h7-9H,5-6,10-12,17H2,1-4H3. The first-order valence-electron chi connectivity index (χ1n) is 6.85. The first-order chi connectivity index (χ1) is 8.46. The fourth-order valence-electron chi connectivity index (χ4n) is 1.87. The number of nitrogens with two attached hydrogens (primary N) is 1. The molecule has 0 amide bonds. The maximum absolute atomic E-state index is 5.83. The van der Waals surface area contributed by atoms with Gasteiger partial charge in [0.15, 0.2) is 0 Å². The summed E-state index contributed by atoms with van der Waals surface area (Å²) in [6, 6.07) is 6.22. The van der Waals surface area contributed by atoms with E-state index < -0.39 is 0 Å². The van der Waals surface area contributed by atoms with Gasteiger partial charge in [0, 0.05) is 0 Å². The average molecular weight is 249 g/mol. The third-order valence-corrected chi connectivity index (χ3v) is 3.61. The van der Waals surface area contributed by atoms with Crippen LogP contribution in [0.1, 0.15) is 44.2 Å². The van der Waals surface area contributed by atoms with E-state index in [0.29, 0.717) is 0 Å². The minimum Gasteiger partial charge on any atom is -0.493 e. The van der Waals surface area contributed by atoms with Gasteiger partial charge in [-0.2, -0.15) is 0 Å². The number of unbranched alkanes of at least 4 members (excludes halogenated alkanes) is 1. The lowest BCUT2D eigenvalue weighted by atomic mass is 9.87. The maximum atomic E-state index is 5.83. The van der Waals surface area contributed by atoms with E-state index in [0.717, 1.165) is 25.3 Å². The Morgan fingerprint density at radius 3 is 2.56 bits per heavy atom. The van der Waals surface area contributed by atoms with Crippen molar-refractivity contribution in [2.45, 2.75) is 47.0 Å². The lowest BCUT2D eigenvalue weighted by Gasteiger charge is -2.21. The second kappa shape index (κ2) is 6.79. The van der Waals surface area contributed by atoms with Crippen LogP contribution in [0.3, 0.4) is 0 Å². The number of hydrogen-bond acceptors (Lipinski definition) is 2. The summed E-state index contributed by atoms with van der Waals surface area (Å²) in [6.07, 6.45) is 3.44. The highest BCUT2D eigenvalue weighted by Gasteiger charge is 2.14. The molecule has 1 aromatic rings. The minimum absolute atomic E-state index is 0.263. The predicted molar refractivity (Wildman–Crippen MR) is 78.1 cm³/mol. The Kier molecular flexibility index (Phi) is 5.67. The molecule has 0 atom stereocenters. The lowest BCUT2D eigenvalue weighted by Crippen LogP contribution is -2.23. The lowest BCUT2D eigenvalue weighted by molar-refractivity contribution is 0.277. The molecule has 0 aliphatic carbocycles. The fourth-order valence-corrected chi connectivity index (χ4v) is 1.87. The molecule has 2 N–H and O–H groups in total. The molecule has 1 aromatic carbocycles. The van der Waals surface area contributed by atoms with Crippen molar-refractivity contribution in [3.05, 3.63) is 29.3 Å². The van der Waals surface area contributed by atoms with Gasteiger partial charge in [-0.15, -0.1) is 0 Å². The highest BCUT2D eigenvalue weighted by Crippen LogP contribution is 2.23. The molecule has 102 valence electrons. The van der Waals surface area contributed by atoms with Gasteiger partial charge in [-0.05, 0) is 62.3 Å². The van der Waals surface area contributed by atoms with Crippen LogP contribution in [0.2, 0.25) is 0 Å². The maximum Gasteiger partial charge on any atom is 0.122 e. The van der Waals surface area contributed by atoms with Crippen molar-refractivity contribution in [3.63, 3.8) is 0 Å². The van der Waals surface area contributed by atoms with E-state index in [2.05, 4.69) is 39.8 Å². The summed E-state index contributed by atoms with van der Waals surface area (Å²) >= 11 is 0. The Morgan fingerprint density at radius 1 is 1.17 bits per heavy atom. The van der Waals surface area contributed by atoms with E-state index in [1.807, 2.05) is 6.07 Å². The predicted octanol–water partition coefficient (Wildman–Crippen LogP) is 3.84. The van der Waals surface area contributed by atoms with Crippen molar-refractivity contribution in [3.8, 4) is 5.75 Å². The van der Waals surface area contributed by atoms with E-state index in [1.54, 1.807) is 0 Å². The average Bonchev–Trinajstić information content (AvgIpc) is 2.34. The topological polar surface area (TPSA) is 35.2 Å². The molecule has 18 heavy (non-hydrogen) atoms. The van der Waals surface area contributed by atoms with Crippen LogP contribution < -0.4 is 10.5 Å². The molecule has 0 saturated carbocycles. The van der Waals surface area contributed by atoms with Crippen LogP contribution in [0.5, 0.6) is 5.75 Å². The van der Waals surface area contributed by atoms with Crippen molar-refractivity contribution in [1.82, 2.24) is 0 Å². The number of hydrogen-bond donors (Lipinski definition) is 1. The first-order valence-corrected chi connectivity index (χ1v) is 6.85. The van der Waals surface area contributed by atoms with Gasteiger partial charge in [0.2, 0.25) is 0 Å². The van der Waals surface area contributed by atoms with Gasteiger partial charge in [0.1, 0.15) is 5.75 Å². The van der Waals surface area contributed by atoms with Crippen molar-refractivity contribution in [1.29, 1.82) is 0 Å². The molecule has 2 heteroatoms. The first kappa shape index (κ1) is 15.0. The highest BCUT2D eigenvalue weighted by molar-refractivity contribution is 5.38. The van der Waals surface area contributed by atoms with Crippen LogP contribution in [0.15, 0.2) is 18.2 Å². The summed E-state index contributed by atoms with van der Waals surface area (Å²) in [5, 5.41) is 0. The summed E-state index contributed by atoms with van der Waals surface area (Å²) in [7, 11) is 0. The van der Waals surface area contributed by atoms with Crippen LogP contribution in [0.25, 0.3) is 0 Å². The Balaban J connectivity index is 2.28. The van der Waals surface area contributed by atoms with E-state index in [1.165, 1.54) is 24.0 Å². The molecular weight excluding hydrogens is 222 g/mol. The van der Waals surface area contributed by atoms with Crippen LogP contribution in [0, 0.1) is 19.3 Å². The zero-order valence-electron chi connectivity index (χ0n) is 12.3. The van der Waals surface area contributed by atoms with Crippen molar-refractivity contribution in [2.24, 2.45) is 11.1 Å². The van der Waals surface area contributed by atoms with Gasteiger partial charge in [-0.3, -0.25) is 0 Å². The van der Waals surface area contributed by atoms with E-state index in [4.69, 9.17) is 10.5 Å². The molecule has 0 aliphatic heterocycles. The Bertz CT molecular complexity index is 371. The van der Waals surface area contributed by atoms with Gasteiger partial charge in [-0.25, -0.2) is 0 Å². The normalized spacial score (nSPS) is 11.6.